The zero-order valence-electron chi connectivity index (χ0n) is 5.70. The molecule has 0 saturated heterocycles. The third-order valence-electron chi connectivity index (χ3n) is 1.47. The standard InChI is InChI=1S/C7H3BrO2S2/c8-6-4(7(9)10)5-3(12-6)1-2-11-5/h1-2H,(H,9,10). The molecule has 2 nitrogen and oxygen atoms in total. The van der Waals surface area contributed by atoms with Crippen molar-refractivity contribution in [3.8, 4) is 0 Å². The van der Waals surface area contributed by atoms with Crippen LogP contribution in [-0.2, 0) is 0 Å². The summed E-state index contributed by atoms with van der Waals surface area (Å²) in [4.78, 5) is 10.8. The molecule has 0 spiro atoms. The van der Waals surface area contributed by atoms with E-state index in [-0.39, 0.29) is 0 Å². The third kappa shape index (κ3) is 1.09. The maximum atomic E-state index is 10.8. The first kappa shape index (κ1) is 8.22. The minimum absolute atomic E-state index is 0.394. The van der Waals surface area contributed by atoms with Crippen LogP contribution in [0, 0.1) is 0 Å². The van der Waals surface area contributed by atoms with E-state index in [1.54, 1.807) is 0 Å². The summed E-state index contributed by atoms with van der Waals surface area (Å²) in [5.41, 5.74) is 0.394. The summed E-state index contributed by atoms with van der Waals surface area (Å²) in [5.74, 6) is -0.865. The number of carbonyl (C=O) groups is 1. The lowest BCUT2D eigenvalue weighted by Gasteiger charge is -1.87. The number of aromatic carboxylic acids is 1. The Morgan fingerprint density at radius 3 is 3.00 bits per heavy atom. The molecule has 5 heteroatoms. The van der Waals surface area contributed by atoms with Gasteiger partial charge in [0.2, 0.25) is 0 Å². The quantitative estimate of drug-likeness (QED) is 0.855. The molecular weight excluding hydrogens is 260 g/mol. The molecule has 2 aromatic heterocycles. The molecule has 0 fully saturated rings. The van der Waals surface area contributed by atoms with Crippen molar-refractivity contribution < 1.29 is 9.90 Å². The first-order valence-corrected chi connectivity index (χ1v) is 5.58. The topological polar surface area (TPSA) is 37.3 Å². The van der Waals surface area contributed by atoms with E-state index in [1.807, 2.05) is 11.4 Å². The van der Waals surface area contributed by atoms with Crippen LogP contribution in [0.25, 0.3) is 9.40 Å². The molecule has 0 saturated carbocycles. The van der Waals surface area contributed by atoms with Crippen LogP contribution in [-0.4, -0.2) is 11.1 Å². The van der Waals surface area contributed by atoms with Gasteiger partial charge in [-0.2, -0.15) is 0 Å². The van der Waals surface area contributed by atoms with Gasteiger partial charge < -0.3 is 5.11 Å². The van der Waals surface area contributed by atoms with Gasteiger partial charge in [0, 0.05) is 4.70 Å². The largest absolute Gasteiger partial charge is 0.478 e. The summed E-state index contributed by atoms with van der Waals surface area (Å²) in [7, 11) is 0. The molecule has 2 aromatic rings. The molecular formula is C7H3BrO2S2. The Hall–Kier alpha value is -0.390. The Morgan fingerprint density at radius 2 is 2.33 bits per heavy atom. The minimum atomic E-state index is -0.865. The maximum absolute atomic E-state index is 10.8. The van der Waals surface area contributed by atoms with Gasteiger partial charge in [0.1, 0.15) is 5.56 Å². The first-order valence-electron chi connectivity index (χ1n) is 3.09. The van der Waals surface area contributed by atoms with Crippen LogP contribution in [0.4, 0.5) is 0 Å². The summed E-state index contributed by atoms with van der Waals surface area (Å²) in [6.45, 7) is 0. The lowest BCUT2D eigenvalue weighted by Crippen LogP contribution is -1.93. The molecule has 0 aliphatic heterocycles. The predicted octanol–water partition coefficient (Wildman–Crippen LogP) is 3.42. The molecule has 62 valence electrons. The molecule has 0 aliphatic carbocycles. The van der Waals surface area contributed by atoms with E-state index in [1.165, 1.54) is 22.7 Å². The molecule has 0 aliphatic rings. The van der Waals surface area contributed by atoms with Crippen LogP contribution >= 0.6 is 38.6 Å². The van der Waals surface area contributed by atoms with Crippen molar-refractivity contribution in [2.75, 3.05) is 0 Å². The fraction of sp³-hybridized carbons (Fsp3) is 0. The Balaban J connectivity index is 2.84. The van der Waals surface area contributed by atoms with Crippen molar-refractivity contribution >= 4 is 54.0 Å². The number of fused-ring (bicyclic) bond motifs is 1. The monoisotopic (exact) mass is 262 g/mol. The normalized spacial score (nSPS) is 10.8. The smallest absolute Gasteiger partial charge is 0.339 e. The highest BCUT2D eigenvalue weighted by Gasteiger charge is 2.16. The van der Waals surface area contributed by atoms with Crippen LogP contribution in [0.3, 0.4) is 0 Å². The molecule has 1 N–H and O–H groups in total. The molecule has 0 unspecified atom stereocenters. The Bertz CT molecular complexity index is 443. The first-order chi connectivity index (χ1) is 5.70. The number of carboxylic acid groups (broad SMARTS) is 1. The predicted molar refractivity (Wildman–Crippen MR) is 54.4 cm³/mol. The van der Waals surface area contributed by atoms with Crippen molar-refractivity contribution in [1.82, 2.24) is 0 Å². The third-order valence-corrected chi connectivity index (χ3v) is 4.35. The average molecular weight is 263 g/mol. The molecule has 2 heterocycles. The van der Waals surface area contributed by atoms with Gasteiger partial charge in [-0.3, -0.25) is 0 Å². The van der Waals surface area contributed by atoms with E-state index in [0.29, 0.717) is 9.35 Å². The van der Waals surface area contributed by atoms with Gasteiger partial charge in [-0.05, 0) is 27.4 Å². The van der Waals surface area contributed by atoms with Gasteiger partial charge >= 0.3 is 5.97 Å². The fourth-order valence-electron chi connectivity index (χ4n) is 0.978. The van der Waals surface area contributed by atoms with Gasteiger partial charge in [0.05, 0.1) is 8.49 Å². The average Bonchev–Trinajstić information content (AvgIpc) is 2.44. The highest BCUT2D eigenvalue weighted by atomic mass is 79.9. The number of thiophene rings is 2. The Morgan fingerprint density at radius 1 is 1.58 bits per heavy atom. The van der Waals surface area contributed by atoms with Crippen LogP contribution in [0.5, 0.6) is 0 Å². The van der Waals surface area contributed by atoms with Crippen LogP contribution in [0.15, 0.2) is 15.2 Å². The van der Waals surface area contributed by atoms with E-state index in [9.17, 15) is 4.79 Å². The van der Waals surface area contributed by atoms with E-state index in [2.05, 4.69) is 15.9 Å². The van der Waals surface area contributed by atoms with Crippen molar-refractivity contribution in [1.29, 1.82) is 0 Å². The van der Waals surface area contributed by atoms with Gasteiger partial charge in [-0.25, -0.2) is 4.79 Å². The Kier molecular flexibility index (Phi) is 1.94. The van der Waals surface area contributed by atoms with Crippen LogP contribution < -0.4 is 0 Å². The van der Waals surface area contributed by atoms with Gasteiger partial charge in [0.25, 0.3) is 0 Å². The summed E-state index contributed by atoms with van der Waals surface area (Å²) < 4.78 is 2.60. The summed E-state index contributed by atoms with van der Waals surface area (Å²) in [6, 6.07) is 1.93. The van der Waals surface area contributed by atoms with Crippen molar-refractivity contribution in [3.63, 3.8) is 0 Å². The van der Waals surface area contributed by atoms with Gasteiger partial charge in [0.15, 0.2) is 0 Å². The van der Waals surface area contributed by atoms with E-state index < -0.39 is 5.97 Å². The highest BCUT2D eigenvalue weighted by Crippen LogP contribution is 2.38. The molecule has 12 heavy (non-hydrogen) atoms. The lowest BCUT2D eigenvalue weighted by atomic mass is 10.3. The molecule has 0 amide bonds. The molecule has 0 aromatic carbocycles. The summed E-state index contributed by atoms with van der Waals surface area (Å²) in [5, 5.41) is 10.8. The second kappa shape index (κ2) is 2.83. The maximum Gasteiger partial charge on any atom is 0.339 e. The van der Waals surface area contributed by atoms with Crippen molar-refractivity contribution in [3.05, 3.63) is 20.8 Å². The van der Waals surface area contributed by atoms with Gasteiger partial charge in [-0.1, -0.05) is 0 Å². The minimum Gasteiger partial charge on any atom is -0.478 e. The van der Waals surface area contributed by atoms with Gasteiger partial charge in [-0.15, -0.1) is 22.7 Å². The van der Waals surface area contributed by atoms with E-state index >= 15 is 0 Å². The van der Waals surface area contributed by atoms with Crippen molar-refractivity contribution in [2.45, 2.75) is 0 Å². The Labute approximate surface area is 84.6 Å². The van der Waals surface area contributed by atoms with E-state index in [4.69, 9.17) is 5.11 Å². The van der Waals surface area contributed by atoms with Crippen molar-refractivity contribution in [2.24, 2.45) is 0 Å². The van der Waals surface area contributed by atoms with Crippen LogP contribution in [0.1, 0.15) is 10.4 Å². The molecule has 0 bridgehead atoms. The number of hydrogen-bond acceptors (Lipinski definition) is 3. The number of hydrogen-bond donors (Lipinski definition) is 1. The number of carboxylic acids is 1. The SMILES string of the molecule is O=C(O)c1c(Br)sc2ccsc12. The second-order valence-electron chi connectivity index (χ2n) is 2.17. The molecule has 0 radical (unpaired) electrons. The van der Waals surface area contributed by atoms with Crippen LogP contribution in [0.2, 0.25) is 0 Å². The number of halogens is 1. The molecule has 2 rings (SSSR count). The summed E-state index contributed by atoms with van der Waals surface area (Å²) in [6.07, 6.45) is 0. The lowest BCUT2D eigenvalue weighted by molar-refractivity contribution is 0.0699. The number of rotatable bonds is 1. The zero-order chi connectivity index (χ0) is 8.72. The fourth-order valence-corrected chi connectivity index (χ4v) is 4.07. The van der Waals surface area contributed by atoms with E-state index in [0.717, 1.165) is 9.40 Å². The summed E-state index contributed by atoms with van der Waals surface area (Å²) >= 11 is 6.16. The zero-order valence-corrected chi connectivity index (χ0v) is 8.92. The molecule has 0 atom stereocenters. The highest BCUT2D eigenvalue weighted by molar-refractivity contribution is 9.11. The second-order valence-corrected chi connectivity index (χ2v) is 5.46.